The zero-order valence-corrected chi connectivity index (χ0v) is 17.0. The molecule has 2 N–H and O–H groups in total. The zero-order chi connectivity index (χ0) is 20.7. The first-order valence-electron chi connectivity index (χ1n) is 10.6. The van der Waals surface area contributed by atoms with Crippen LogP contribution in [0.5, 0.6) is 5.88 Å². The monoisotopic (exact) mass is 406 g/mol. The van der Waals surface area contributed by atoms with E-state index in [4.69, 9.17) is 4.74 Å². The molecule has 2 saturated carbocycles. The summed E-state index contributed by atoms with van der Waals surface area (Å²) in [6, 6.07) is 13.2. The van der Waals surface area contributed by atoms with E-state index in [0.29, 0.717) is 17.4 Å². The molecular weight excluding hydrogens is 380 g/mol. The minimum Gasteiger partial charge on any atom is -0.474 e. The fraction of sp³-hybridized carbons (Fsp3) is 0.435. The van der Waals surface area contributed by atoms with Crippen LogP contribution in [-0.2, 0) is 10.4 Å². The Labute approximate surface area is 175 Å². The molecule has 30 heavy (non-hydrogen) atoms. The Bertz CT molecular complexity index is 1070. The lowest BCUT2D eigenvalue weighted by Gasteiger charge is -2.29. The summed E-state index contributed by atoms with van der Waals surface area (Å²) < 4.78 is 7.87. The third-order valence-corrected chi connectivity index (χ3v) is 5.92. The van der Waals surface area contributed by atoms with Crippen molar-refractivity contribution in [1.82, 2.24) is 14.5 Å². The van der Waals surface area contributed by atoms with Gasteiger partial charge in [-0.15, -0.1) is 0 Å². The second-order valence-electron chi connectivity index (χ2n) is 8.56. The van der Waals surface area contributed by atoms with Gasteiger partial charge in [0.15, 0.2) is 5.65 Å². The molecule has 0 bridgehead atoms. The molecule has 156 valence electrons. The summed E-state index contributed by atoms with van der Waals surface area (Å²) in [4.78, 5) is 22.1. The van der Waals surface area contributed by atoms with Gasteiger partial charge >= 0.3 is 0 Å². The molecule has 2 heterocycles. The van der Waals surface area contributed by atoms with Crippen LogP contribution in [0.2, 0.25) is 0 Å². The Balaban J connectivity index is 1.41. The van der Waals surface area contributed by atoms with Gasteiger partial charge in [-0.25, -0.2) is 4.98 Å². The molecule has 0 radical (unpaired) electrons. The number of nitrogens with one attached hydrogen (secondary N) is 1. The zero-order valence-electron chi connectivity index (χ0n) is 17.0. The maximum Gasteiger partial charge on any atom is 0.229 e. The molecular formula is C23H26N4O3. The predicted octanol–water partition coefficient (Wildman–Crippen LogP) is 3.93. The van der Waals surface area contributed by atoms with E-state index >= 15 is 0 Å². The van der Waals surface area contributed by atoms with Gasteiger partial charge in [0.05, 0.1) is 12.0 Å². The number of fused-ring (bicyclic) bond motifs is 1. The van der Waals surface area contributed by atoms with E-state index in [1.807, 2.05) is 47.0 Å². The van der Waals surface area contributed by atoms with E-state index in [2.05, 4.69) is 15.3 Å². The highest BCUT2D eigenvalue weighted by Crippen LogP contribution is 2.37. The van der Waals surface area contributed by atoms with Gasteiger partial charge in [-0.1, -0.05) is 30.3 Å². The normalized spacial score (nSPS) is 18.6. The van der Waals surface area contributed by atoms with E-state index in [1.165, 1.54) is 0 Å². The number of anilines is 1. The average molecular weight is 406 g/mol. The van der Waals surface area contributed by atoms with Gasteiger partial charge < -0.3 is 9.84 Å². The maximum absolute atomic E-state index is 12.8. The van der Waals surface area contributed by atoms with Crippen LogP contribution < -0.4 is 10.1 Å². The van der Waals surface area contributed by atoms with Crippen molar-refractivity contribution < 1.29 is 14.6 Å². The Morgan fingerprint density at radius 3 is 2.60 bits per heavy atom. The number of nitrogens with zero attached hydrogens (tertiary/aromatic N) is 3. The number of ether oxygens (including phenoxy) is 1. The molecule has 2 aliphatic rings. The van der Waals surface area contributed by atoms with Crippen molar-refractivity contribution in [2.75, 3.05) is 5.32 Å². The fourth-order valence-electron chi connectivity index (χ4n) is 3.84. The highest BCUT2D eigenvalue weighted by atomic mass is 16.5. The molecule has 3 aromatic rings. The second kappa shape index (κ2) is 7.40. The number of amides is 1. The largest absolute Gasteiger partial charge is 0.474 e. The Morgan fingerprint density at radius 1 is 1.17 bits per heavy atom. The summed E-state index contributed by atoms with van der Waals surface area (Å²) in [5.74, 6) is 0.809. The lowest BCUT2D eigenvalue weighted by molar-refractivity contribution is -0.120. The quantitative estimate of drug-likeness (QED) is 0.620. The van der Waals surface area contributed by atoms with Gasteiger partial charge in [0.25, 0.3) is 0 Å². The van der Waals surface area contributed by atoms with Crippen LogP contribution in [0.15, 0.2) is 42.5 Å². The molecule has 0 unspecified atom stereocenters. The highest BCUT2D eigenvalue weighted by molar-refractivity contribution is 5.91. The molecule has 2 aromatic heterocycles. The van der Waals surface area contributed by atoms with Crippen molar-refractivity contribution in [3.05, 3.63) is 48.0 Å². The van der Waals surface area contributed by atoms with Gasteiger partial charge in [0.1, 0.15) is 11.6 Å². The lowest BCUT2D eigenvalue weighted by Crippen LogP contribution is -2.30. The van der Waals surface area contributed by atoms with Gasteiger partial charge in [0.2, 0.25) is 17.7 Å². The molecule has 0 saturated heterocycles. The number of aromatic nitrogens is 3. The van der Waals surface area contributed by atoms with Gasteiger partial charge in [-0.2, -0.15) is 4.98 Å². The van der Waals surface area contributed by atoms with E-state index < -0.39 is 5.60 Å². The minimum absolute atomic E-state index is 0.0612. The number of aliphatic hydroxyl groups is 1. The number of benzene rings is 1. The van der Waals surface area contributed by atoms with Gasteiger partial charge in [-0.3, -0.25) is 14.7 Å². The third kappa shape index (κ3) is 3.77. The molecule has 0 aliphatic heterocycles. The van der Waals surface area contributed by atoms with E-state index in [9.17, 15) is 9.90 Å². The van der Waals surface area contributed by atoms with Crippen LogP contribution in [0.3, 0.4) is 0 Å². The summed E-state index contributed by atoms with van der Waals surface area (Å²) in [6.45, 7) is 1.65. The molecule has 7 nitrogen and oxygen atoms in total. The van der Waals surface area contributed by atoms with Crippen LogP contribution in [0.4, 0.5) is 5.95 Å². The SMILES string of the molecule is C[C@@](O)(CC(=O)Nc1nc2ccc(OC3CC3)nc2n1C1CCC1)c1ccccc1. The van der Waals surface area contributed by atoms with Crippen LogP contribution in [0, 0.1) is 0 Å². The fourth-order valence-corrected chi connectivity index (χ4v) is 3.84. The van der Waals surface area contributed by atoms with E-state index in [-0.39, 0.29) is 24.5 Å². The first-order valence-corrected chi connectivity index (χ1v) is 10.6. The Kier molecular flexibility index (Phi) is 4.70. The molecule has 1 atom stereocenters. The number of rotatable bonds is 7. The van der Waals surface area contributed by atoms with Crippen molar-refractivity contribution in [1.29, 1.82) is 0 Å². The smallest absolute Gasteiger partial charge is 0.229 e. The minimum atomic E-state index is -1.26. The number of pyridine rings is 1. The molecule has 7 heteroatoms. The second-order valence-corrected chi connectivity index (χ2v) is 8.56. The van der Waals surface area contributed by atoms with E-state index in [0.717, 1.165) is 43.3 Å². The Hall–Kier alpha value is -2.93. The number of hydrogen-bond donors (Lipinski definition) is 2. The molecule has 0 spiro atoms. The Morgan fingerprint density at radius 2 is 1.93 bits per heavy atom. The topological polar surface area (TPSA) is 89.3 Å². The number of carbonyl (C=O) groups excluding carboxylic acids is 1. The molecule has 5 rings (SSSR count). The van der Waals surface area contributed by atoms with Crippen LogP contribution in [-0.4, -0.2) is 31.7 Å². The van der Waals surface area contributed by atoms with Crippen molar-refractivity contribution in [3.8, 4) is 5.88 Å². The lowest BCUT2D eigenvalue weighted by atomic mass is 9.92. The molecule has 1 amide bonds. The van der Waals surface area contributed by atoms with Crippen LogP contribution >= 0.6 is 0 Å². The van der Waals surface area contributed by atoms with Gasteiger partial charge in [0, 0.05) is 12.1 Å². The van der Waals surface area contributed by atoms with Crippen molar-refractivity contribution in [2.24, 2.45) is 0 Å². The summed E-state index contributed by atoms with van der Waals surface area (Å²) in [5.41, 5.74) is 0.914. The summed E-state index contributed by atoms with van der Waals surface area (Å²) >= 11 is 0. The number of carbonyl (C=O) groups is 1. The van der Waals surface area contributed by atoms with Crippen molar-refractivity contribution >= 4 is 23.0 Å². The third-order valence-electron chi connectivity index (χ3n) is 5.92. The van der Waals surface area contributed by atoms with Gasteiger partial charge in [-0.05, 0) is 50.7 Å². The van der Waals surface area contributed by atoms with Crippen molar-refractivity contribution in [2.45, 2.75) is 63.2 Å². The maximum atomic E-state index is 12.8. The summed E-state index contributed by atoms with van der Waals surface area (Å²) in [6.07, 6.45) is 5.58. The molecule has 1 aromatic carbocycles. The molecule has 2 fully saturated rings. The van der Waals surface area contributed by atoms with Crippen LogP contribution in [0.1, 0.15) is 57.1 Å². The first kappa shape index (κ1) is 19.1. The molecule has 2 aliphatic carbocycles. The average Bonchev–Trinajstić information content (AvgIpc) is 3.43. The first-order chi connectivity index (χ1) is 14.5. The summed E-state index contributed by atoms with van der Waals surface area (Å²) in [7, 11) is 0. The van der Waals surface area contributed by atoms with Crippen LogP contribution in [0.25, 0.3) is 11.2 Å². The van der Waals surface area contributed by atoms with E-state index in [1.54, 1.807) is 6.92 Å². The number of hydrogen-bond acceptors (Lipinski definition) is 5. The standard InChI is InChI=1S/C23H26N4O3/c1-23(29,15-6-3-2-4-7-15)14-19(28)25-22-24-18-12-13-20(30-17-10-11-17)26-21(18)27(22)16-8-5-9-16/h2-4,6-7,12-13,16-17,29H,5,8-11,14H2,1H3,(H,24,25,28)/t23-/m1/s1. The predicted molar refractivity (Wildman–Crippen MR) is 113 cm³/mol. The summed E-state index contributed by atoms with van der Waals surface area (Å²) in [5, 5.41) is 13.7. The van der Waals surface area contributed by atoms with Crippen molar-refractivity contribution in [3.63, 3.8) is 0 Å². The highest BCUT2D eigenvalue weighted by Gasteiger charge is 2.30. The number of imidazole rings is 1.